The Kier molecular flexibility index (Phi) is 4.95. The maximum absolute atomic E-state index is 4.49. The lowest BCUT2D eigenvalue weighted by Gasteiger charge is -2.02. The quantitative estimate of drug-likeness (QED) is 0.694. The minimum atomic E-state index is 0.699. The van der Waals surface area contributed by atoms with E-state index in [1.807, 2.05) is 74.5 Å². The number of benzene rings is 2. The van der Waals surface area contributed by atoms with E-state index in [0.717, 1.165) is 11.1 Å². The zero-order chi connectivity index (χ0) is 14.2. The normalized spacial score (nSPS) is 9.50. The lowest BCUT2D eigenvalue weighted by Crippen LogP contribution is -1.94. The summed E-state index contributed by atoms with van der Waals surface area (Å²) in [6.45, 7) is 4.00. The summed E-state index contributed by atoms with van der Waals surface area (Å²) in [5.41, 5.74) is 1.99. The third kappa shape index (κ3) is 3.26. The number of aromatic nitrogens is 3. The summed E-state index contributed by atoms with van der Waals surface area (Å²) in [6, 6.07) is 19.8. The van der Waals surface area contributed by atoms with Crippen LogP contribution in [0.3, 0.4) is 0 Å². The second kappa shape index (κ2) is 7.14. The number of hydrogen-bond donors (Lipinski definition) is 0. The van der Waals surface area contributed by atoms with Crippen molar-refractivity contribution in [3.05, 3.63) is 67.0 Å². The first-order valence-electron chi connectivity index (χ1n) is 6.73. The van der Waals surface area contributed by atoms with E-state index in [9.17, 15) is 0 Å². The Hall–Kier alpha value is -2.55. The zero-order valence-corrected chi connectivity index (χ0v) is 11.7. The molecule has 0 saturated carbocycles. The lowest BCUT2D eigenvalue weighted by atomic mass is 10.2. The van der Waals surface area contributed by atoms with E-state index in [1.165, 1.54) is 0 Å². The van der Waals surface area contributed by atoms with Crippen molar-refractivity contribution in [2.75, 3.05) is 0 Å². The molecule has 0 atom stereocenters. The number of hydrogen-bond acceptors (Lipinski definition) is 3. The molecule has 3 rings (SSSR count). The fourth-order valence-electron chi connectivity index (χ4n) is 1.75. The highest BCUT2D eigenvalue weighted by Gasteiger charge is 2.04. The molecule has 1 aromatic heterocycles. The van der Waals surface area contributed by atoms with Crippen LogP contribution in [-0.4, -0.2) is 15.0 Å². The van der Waals surface area contributed by atoms with Crippen LogP contribution >= 0.6 is 0 Å². The summed E-state index contributed by atoms with van der Waals surface area (Å²) >= 11 is 0. The van der Waals surface area contributed by atoms with Gasteiger partial charge in [-0.2, -0.15) is 0 Å². The van der Waals surface area contributed by atoms with Gasteiger partial charge in [-0.3, -0.25) is 0 Å². The van der Waals surface area contributed by atoms with Crippen LogP contribution in [0.25, 0.3) is 22.8 Å². The Bertz CT molecular complexity index is 582. The van der Waals surface area contributed by atoms with Gasteiger partial charge in [-0.15, -0.1) is 0 Å². The number of rotatable bonds is 2. The SMILES string of the molecule is CC.c1ccc(-c2ncnc(-c3ccccc3)n2)cc1. The largest absolute Gasteiger partial charge is 0.217 e. The average Bonchev–Trinajstić information content (AvgIpc) is 2.58. The van der Waals surface area contributed by atoms with Crippen LogP contribution in [0.1, 0.15) is 13.8 Å². The molecule has 0 fully saturated rings. The van der Waals surface area contributed by atoms with E-state index in [0.29, 0.717) is 11.6 Å². The Balaban J connectivity index is 0.000000704. The summed E-state index contributed by atoms with van der Waals surface area (Å²) in [5, 5.41) is 0. The third-order valence-corrected chi connectivity index (χ3v) is 2.64. The van der Waals surface area contributed by atoms with Gasteiger partial charge in [0.1, 0.15) is 6.33 Å². The van der Waals surface area contributed by atoms with Gasteiger partial charge in [-0.1, -0.05) is 74.5 Å². The van der Waals surface area contributed by atoms with Crippen molar-refractivity contribution in [3.8, 4) is 22.8 Å². The molecule has 0 amide bonds. The third-order valence-electron chi connectivity index (χ3n) is 2.64. The highest BCUT2D eigenvalue weighted by Crippen LogP contribution is 2.18. The summed E-state index contributed by atoms with van der Waals surface area (Å²) in [4.78, 5) is 12.9. The zero-order valence-electron chi connectivity index (χ0n) is 11.7. The van der Waals surface area contributed by atoms with E-state index >= 15 is 0 Å². The Labute approximate surface area is 119 Å². The minimum absolute atomic E-state index is 0.699. The summed E-state index contributed by atoms with van der Waals surface area (Å²) in [6.07, 6.45) is 1.55. The standard InChI is InChI=1S/C15H11N3.C2H6/c1-3-7-12(8-4-1)14-16-11-17-15(18-14)13-9-5-2-6-10-13;1-2/h1-11H;1-2H3. The van der Waals surface area contributed by atoms with Gasteiger partial charge in [0.05, 0.1) is 0 Å². The van der Waals surface area contributed by atoms with Crippen LogP contribution in [0, 0.1) is 0 Å². The van der Waals surface area contributed by atoms with Gasteiger partial charge in [-0.25, -0.2) is 15.0 Å². The van der Waals surface area contributed by atoms with E-state index in [2.05, 4.69) is 15.0 Å². The molecule has 3 nitrogen and oxygen atoms in total. The van der Waals surface area contributed by atoms with E-state index < -0.39 is 0 Å². The molecule has 0 radical (unpaired) electrons. The molecular weight excluding hydrogens is 246 g/mol. The molecule has 0 aliphatic rings. The molecule has 100 valence electrons. The first-order chi connectivity index (χ1) is 9.93. The Morgan fingerprint density at radius 3 is 1.40 bits per heavy atom. The van der Waals surface area contributed by atoms with Gasteiger partial charge in [0.25, 0.3) is 0 Å². The molecule has 20 heavy (non-hydrogen) atoms. The molecule has 2 aromatic carbocycles. The Morgan fingerprint density at radius 2 is 1.00 bits per heavy atom. The molecule has 0 aliphatic heterocycles. The summed E-state index contributed by atoms with van der Waals surface area (Å²) < 4.78 is 0. The van der Waals surface area contributed by atoms with Crippen LogP contribution < -0.4 is 0 Å². The van der Waals surface area contributed by atoms with Gasteiger partial charge < -0.3 is 0 Å². The molecule has 0 unspecified atom stereocenters. The fourth-order valence-corrected chi connectivity index (χ4v) is 1.75. The smallest absolute Gasteiger partial charge is 0.163 e. The van der Waals surface area contributed by atoms with Crippen molar-refractivity contribution in [1.82, 2.24) is 15.0 Å². The maximum atomic E-state index is 4.49. The van der Waals surface area contributed by atoms with Crippen molar-refractivity contribution in [3.63, 3.8) is 0 Å². The highest BCUT2D eigenvalue weighted by atomic mass is 15.0. The van der Waals surface area contributed by atoms with E-state index in [1.54, 1.807) is 6.33 Å². The van der Waals surface area contributed by atoms with Gasteiger partial charge >= 0.3 is 0 Å². The molecule has 1 heterocycles. The van der Waals surface area contributed by atoms with E-state index in [4.69, 9.17) is 0 Å². The summed E-state index contributed by atoms with van der Waals surface area (Å²) in [5.74, 6) is 1.40. The van der Waals surface area contributed by atoms with Gasteiger partial charge in [-0.05, 0) is 0 Å². The first kappa shape index (κ1) is 13.9. The van der Waals surface area contributed by atoms with Crippen molar-refractivity contribution in [2.24, 2.45) is 0 Å². The van der Waals surface area contributed by atoms with Crippen LogP contribution in [0.15, 0.2) is 67.0 Å². The molecule has 0 N–H and O–H groups in total. The van der Waals surface area contributed by atoms with Crippen LogP contribution in [-0.2, 0) is 0 Å². The lowest BCUT2D eigenvalue weighted by molar-refractivity contribution is 1.07. The van der Waals surface area contributed by atoms with E-state index in [-0.39, 0.29) is 0 Å². The van der Waals surface area contributed by atoms with Crippen molar-refractivity contribution in [2.45, 2.75) is 13.8 Å². The van der Waals surface area contributed by atoms with Crippen LogP contribution in [0.5, 0.6) is 0 Å². The Morgan fingerprint density at radius 1 is 0.600 bits per heavy atom. The predicted octanol–water partition coefficient (Wildman–Crippen LogP) is 4.23. The van der Waals surface area contributed by atoms with Gasteiger partial charge in [0.15, 0.2) is 11.6 Å². The minimum Gasteiger partial charge on any atom is -0.217 e. The van der Waals surface area contributed by atoms with Gasteiger partial charge in [0.2, 0.25) is 0 Å². The van der Waals surface area contributed by atoms with Crippen LogP contribution in [0.2, 0.25) is 0 Å². The molecule has 0 aliphatic carbocycles. The summed E-state index contributed by atoms with van der Waals surface area (Å²) in [7, 11) is 0. The topological polar surface area (TPSA) is 38.7 Å². The van der Waals surface area contributed by atoms with Crippen molar-refractivity contribution >= 4 is 0 Å². The van der Waals surface area contributed by atoms with Gasteiger partial charge in [0, 0.05) is 11.1 Å². The monoisotopic (exact) mass is 263 g/mol. The number of nitrogens with zero attached hydrogens (tertiary/aromatic N) is 3. The van der Waals surface area contributed by atoms with Crippen molar-refractivity contribution < 1.29 is 0 Å². The second-order valence-corrected chi connectivity index (χ2v) is 3.86. The van der Waals surface area contributed by atoms with Crippen molar-refractivity contribution in [1.29, 1.82) is 0 Å². The predicted molar refractivity (Wildman–Crippen MR) is 82.0 cm³/mol. The molecule has 0 saturated heterocycles. The molecule has 3 aromatic rings. The molecular formula is C17H17N3. The second-order valence-electron chi connectivity index (χ2n) is 3.86. The average molecular weight is 263 g/mol. The first-order valence-corrected chi connectivity index (χ1v) is 6.73. The molecule has 0 spiro atoms. The fraction of sp³-hybridized carbons (Fsp3) is 0.118. The highest BCUT2D eigenvalue weighted by molar-refractivity contribution is 5.60. The molecule has 0 bridgehead atoms. The van der Waals surface area contributed by atoms with Crippen LogP contribution in [0.4, 0.5) is 0 Å². The molecule has 3 heteroatoms. The maximum Gasteiger partial charge on any atom is 0.163 e.